The molecule has 2 aromatic rings. The van der Waals surface area contributed by atoms with Gasteiger partial charge in [0.1, 0.15) is 22.4 Å². The number of halogens is 1. The summed E-state index contributed by atoms with van der Waals surface area (Å²) < 4.78 is 6.27. The molecule has 0 atom stereocenters. The first-order chi connectivity index (χ1) is 8.08. The lowest BCUT2D eigenvalue weighted by molar-refractivity contribution is 0.455. The molecule has 1 aromatic heterocycles. The average Bonchev–Trinajstić information content (AvgIpc) is 2.28. The van der Waals surface area contributed by atoms with E-state index in [0.717, 1.165) is 11.3 Å². The topological polar surface area (TPSA) is 61.0 Å². The number of benzene rings is 1. The van der Waals surface area contributed by atoms with Crippen molar-refractivity contribution in [2.24, 2.45) is 0 Å². The molecule has 1 heterocycles. The maximum absolute atomic E-state index is 5.70. The van der Waals surface area contributed by atoms with E-state index in [9.17, 15) is 0 Å². The molecule has 4 nitrogen and oxygen atoms in total. The van der Waals surface area contributed by atoms with E-state index in [4.69, 9.17) is 10.5 Å². The number of hydrogen-bond acceptors (Lipinski definition) is 4. The Morgan fingerprint density at radius 3 is 2.71 bits per heavy atom. The molecule has 0 spiro atoms. The van der Waals surface area contributed by atoms with Crippen LogP contribution in [0.3, 0.4) is 0 Å². The zero-order valence-corrected chi connectivity index (χ0v) is 11.2. The van der Waals surface area contributed by atoms with Gasteiger partial charge in [0.15, 0.2) is 0 Å². The van der Waals surface area contributed by atoms with Crippen LogP contribution in [0, 0.1) is 13.8 Å². The number of nitrogens with zero attached hydrogens (tertiary/aromatic N) is 2. The highest BCUT2D eigenvalue weighted by Crippen LogP contribution is 2.31. The normalized spacial score (nSPS) is 10.3. The van der Waals surface area contributed by atoms with Crippen molar-refractivity contribution in [2.75, 3.05) is 5.73 Å². The zero-order chi connectivity index (χ0) is 12.4. The molecule has 0 amide bonds. The van der Waals surface area contributed by atoms with E-state index in [1.807, 2.05) is 32.0 Å². The van der Waals surface area contributed by atoms with Gasteiger partial charge in [0.05, 0.1) is 0 Å². The predicted octanol–water partition coefficient (Wildman–Crippen LogP) is 3.23. The molecule has 17 heavy (non-hydrogen) atoms. The summed E-state index contributed by atoms with van der Waals surface area (Å²) >= 11 is 3.30. The molecule has 0 fully saturated rings. The first-order valence-electron chi connectivity index (χ1n) is 5.09. The first kappa shape index (κ1) is 11.9. The summed E-state index contributed by atoms with van der Waals surface area (Å²) in [7, 11) is 0. The minimum Gasteiger partial charge on any atom is -0.437 e. The standard InChI is InChI=1S/C12H12BrN3O/c1-7-3-4-9(8(2)5-7)17-12-10(13)11(14)15-6-16-12/h3-6H,1-2H3,(H2,14,15,16). The van der Waals surface area contributed by atoms with Crippen LogP contribution in [-0.2, 0) is 0 Å². The summed E-state index contributed by atoms with van der Waals surface area (Å²) in [5.74, 6) is 1.54. The maximum Gasteiger partial charge on any atom is 0.238 e. The molecule has 5 heteroatoms. The van der Waals surface area contributed by atoms with Gasteiger partial charge in [-0.3, -0.25) is 0 Å². The Bertz CT molecular complexity index is 557. The molecular weight excluding hydrogens is 282 g/mol. The number of nitrogen functional groups attached to an aromatic ring is 1. The quantitative estimate of drug-likeness (QED) is 0.923. The maximum atomic E-state index is 5.70. The van der Waals surface area contributed by atoms with Gasteiger partial charge in [-0.1, -0.05) is 17.7 Å². The number of nitrogens with two attached hydrogens (primary N) is 1. The number of aromatic nitrogens is 2. The van der Waals surface area contributed by atoms with Gasteiger partial charge in [-0.25, -0.2) is 9.97 Å². The molecule has 0 saturated heterocycles. The smallest absolute Gasteiger partial charge is 0.238 e. The van der Waals surface area contributed by atoms with E-state index in [1.165, 1.54) is 11.9 Å². The molecule has 0 radical (unpaired) electrons. The predicted molar refractivity (Wildman–Crippen MR) is 70.1 cm³/mol. The van der Waals surface area contributed by atoms with Crippen molar-refractivity contribution in [3.05, 3.63) is 40.1 Å². The van der Waals surface area contributed by atoms with E-state index in [-0.39, 0.29) is 0 Å². The van der Waals surface area contributed by atoms with Crippen molar-refractivity contribution in [1.29, 1.82) is 0 Å². The van der Waals surface area contributed by atoms with Crippen molar-refractivity contribution in [2.45, 2.75) is 13.8 Å². The van der Waals surface area contributed by atoms with Gasteiger partial charge in [0.2, 0.25) is 5.88 Å². The third-order valence-corrected chi connectivity index (χ3v) is 3.07. The molecule has 0 unspecified atom stereocenters. The van der Waals surface area contributed by atoms with Crippen molar-refractivity contribution in [3.63, 3.8) is 0 Å². The minimum atomic E-state index is 0.361. The van der Waals surface area contributed by atoms with Gasteiger partial charge in [-0.2, -0.15) is 0 Å². The SMILES string of the molecule is Cc1ccc(Oc2ncnc(N)c2Br)c(C)c1. The minimum absolute atomic E-state index is 0.361. The Hall–Kier alpha value is -1.62. The molecule has 88 valence electrons. The Labute approximate surface area is 108 Å². The molecule has 1 aromatic carbocycles. The van der Waals surface area contributed by atoms with Crippen LogP contribution in [0.15, 0.2) is 29.0 Å². The third-order valence-electron chi connectivity index (χ3n) is 2.32. The van der Waals surface area contributed by atoms with Crippen molar-refractivity contribution in [3.8, 4) is 11.6 Å². The van der Waals surface area contributed by atoms with Crippen LogP contribution in [0.5, 0.6) is 11.6 Å². The van der Waals surface area contributed by atoms with E-state index < -0.39 is 0 Å². The molecule has 0 aliphatic heterocycles. The Balaban J connectivity index is 2.35. The zero-order valence-electron chi connectivity index (χ0n) is 9.57. The molecular formula is C12H12BrN3O. The van der Waals surface area contributed by atoms with Gasteiger partial charge in [-0.05, 0) is 41.4 Å². The van der Waals surface area contributed by atoms with Crippen LogP contribution in [-0.4, -0.2) is 9.97 Å². The number of hydrogen-bond donors (Lipinski definition) is 1. The van der Waals surface area contributed by atoms with Crippen LogP contribution in [0.25, 0.3) is 0 Å². The number of aryl methyl sites for hydroxylation is 2. The number of anilines is 1. The fourth-order valence-electron chi connectivity index (χ4n) is 1.46. The fraction of sp³-hybridized carbons (Fsp3) is 0.167. The summed E-state index contributed by atoms with van der Waals surface area (Å²) in [6, 6.07) is 5.95. The summed E-state index contributed by atoms with van der Waals surface area (Å²) in [5, 5.41) is 0. The largest absolute Gasteiger partial charge is 0.437 e. The summed E-state index contributed by atoms with van der Waals surface area (Å²) in [5.41, 5.74) is 7.90. The third kappa shape index (κ3) is 2.55. The van der Waals surface area contributed by atoms with Gasteiger partial charge < -0.3 is 10.5 Å². The fourth-order valence-corrected chi connectivity index (χ4v) is 1.74. The van der Waals surface area contributed by atoms with Crippen LogP contribution >= 0.6 is 15.9 Å². The van der Waals surface area contributed by atoms with Gasteiger partial charge >= 0.3 is 0 Å². The van der Waals surface area contributed by atoms with Crippen LogP contribution in [0.4, 0.5) is 5.82 Å². The summed E-state index contributed by atoms with van der Waals surface area (Å²) in [6.07, 6.45) is 1.37. The highest BCUT2D eigenvalue weighted by Gasteiger charge is 2.09. The molecule has 0 aliphatic rings. The second-order valence-corrected chi connectivity index (χ2v) is 4.54. The lowest BCUT2D eigenvalue weighted by atomic mass is 10.1. The highest BCUT2D eigenvalue weighted by molar-refractivity contribution is 9.10. The average molecular weight is 294 g/mol. The second-order valence-electron chi connectivity index (χ2n) is 3.75. The van der Waals surface area contributed by atoms with Gasteiger partial charge in [0, 0.05) is 0 Å². The van der Waals surface area contributed by atoms with E-state index >= 15 is 0 Å². The molecule has 0 bridgehead atoms. The summed E-state index contributed by atoms with van der Waals surface area (Å²) in [4.78, 5) is 7.90. The van der Waals surface area contributed by atoms with Gasteiger partial charge in [0.25, 0.3) is 0 Å². The molecule has 0 saturated carbocycles. The number of rotatable bonds is 2. The Kier molecular flexibility index (Phi) is 3.28. The Morgan fingerprint density at radius 2 is 2.00 bits per heavy atom. The molecule has 0 aliphatic carbocycles. The highest BCUT2D eigenvalue weighted by atomic mass is 79.9. The lowest BCUT2D eigenvalue weighted by Crippen LogP contribution is -1.97. The van der Waals surface area contributed by atoms with Crippen LogP contribution < -0.4 is 10.5 Å². The van der Waals surface area contributed by atoms with E-state index in [0.29, 0.717) is 16.2 Å². The number of ether oxygens (including phenoxy) is 1. The van der Waals surface area contributed by atoms with E-state index in [2.05, 4.69) is 25.9 Å². The van der Waals surface area contributed by atoms with E-state index in [1.54, 1.807) is 0 Å². The second kappa shape index (κ2) is 4.71. The van der Waals surface area contributed by atoms with Gasteiger partial charge in [-0.15, -0.1) is 0 Å². The van der Waals surface area contributed by atoms with Crippen LogP contribution in [0.2, 0.25) is 0 Å². The molecule has 2 N–H and O–H groups in total. The van der Waals surface area contributed by atoms with Crippen molar-refractivity contribution < 1.29 is 4.74 Å². The Morgan fingerprint density at radius 1 is 1.24 bits per heavy atom. The monoisotopic (exact) mass is 293 g/mol. The van der Waals surface area contributed by atoms with Crippen molar-refractivity contribution >= 4 is 21.7 Å². The molecule has 2 rings (SSSR count). The summed E-state index contributed by atoms with van der Waals surface area (Å²) in [6.45, 7) is 4.02. The van der Waals surface area contributed by atoms with Crippen molar-refractivity contribution in [1.82, 2.24) is 9.97 Å². The lowest BCUT2D eigenvalue weighted by Gasteiger charge is -2.10. The van der Waals surface area contributed by atoms with Crippen LogP contribution in [0.1, 0.15) is 11.1 Å². The first-order valence-corrected chi connectivity index (χ1v) is 5.88.